The van der Waals surface area contributed by atoms with Gasteiger partial charge in [-0.05, 0) is 20.8 Å². The quantitative estimate of drug-likeness (QED) is 0.590. The summed E-state index contributed by atoms with van der Waals surface area (Å²) in [4.78, 5) is 25.8. The van der Waals surface area contributed by atoms with Gasteiger partial charge in [0.1, 0.15) is 5.41 Å². The summed E-state index contributed by atoms with van der Waals surface area (Å²) in [5.41, 5.74) is -0.132. The highest BCUT2D eigenvalue weighted by Gasteiger charge is 2.48. The molecule has 2 heterocycles. The van der Waals surface area contributed by atoms with Gasteiger partial charge in [-0.2, -0.15) is 0 Å². The molecule has 82 valence electrons. The Morgan fingerprint density at radius 3 is 2.60 bits per heavy atom. The number of rotatable bonds is 0. The first-order chi connectivity index (χ1) is 6.85. The molecule has 15 heavy (non-hydrogen) atoms. The lowest BCUT2D eigenvalue weighted by Gasteiger charge is -2.34. The van der Waals surface area contributed by atoms with Crippen molar-refractivity contribution < 1.29 is 9.59 Å². The minimum atomic E-state index is -0.877. The van der Waals surface area contributed by atoms with Crippen molar-refractivity contribution in [3.63, 3.8) is 0 Å². The van der Waals surface area contributed by atoms with Gasteiger partial charge in [0.2, 0.25) is 5.91 Å². The molecule has 4 heteroatoms. The van der Waals surface area contributed by atoms with Gasteiger partial charge in [0.25, 0.3) is 0 Å². The molecule has 0 aromatic rings. The molecule has 0 N–H and O–H groups in total. The maximum atomic E-state index is 12.1. The molecule has 2 rings (SSSR count). The van der Waals surface area contributed by atoms with Crippen LogP contribution in [0.4, 0.5) is 0 Å². The molecule has 1 saturated heterocycles. The van der Waals surface area contributed by atoms with Crippen molar-refractivity contribution in [2.24, 2.45) is 5.41 Å². The van der Waals surface area contributed by atoms with E-state index in [2.05, 4.69) is 6.92 Å². The highest BCUT2D eigenvalue weighted by molar-refractivity contribution is 8.04. The van der Waals surface area contributed by atoms with Crippen LogP contribution in [-0.4, -0.2) is 28.4 Å². The Morgan fingerprint density at radius 2 is 2.00 bits per heavy atom. The Morgan fingerprint density at radius 1 is 1.40 bits per heavy atom. The first-order valence-corrected chi connectivity index (χ1v) is 5.98. The summed E-state index contributed by atoms with van der Waals surface area (Å²) in [6, 6.07) is 0. The van der Waals surface area contributed by atoms with Gasteiger partial charge in [0, 0.05) is 17.4 Å². The molecule has 1 fully saturated rings. The summed E-state index contributed by atoms with van der Waals surface area (Å²) >= 11 is 1.63. The first kappa shape index (κ1) is 10.7. The smallest absolute Gasteiger partial charge is 0.240 e. The van der Waals surface area contributed by atoms with Crippen LogP contribution in [0.25, 0.3) is 0 Å². The molecule has 0 saturated carbocycles. The Hall–Kier alpha value is -0.770. The zero-order valence-corrected chi connectivity index (χ0v) is 10.3. The van der Waals surface area contributed by atoms with Crippen LogP contribution in [-0.2, 0) is 9.59 Å². The lowest BCUT2D eigenvalue weighted by molar-refractivity contribution is -0.145. The van der Waals surface area contributed by atoms with Crippen LogP contribution >= 0.6 is 11.8 Å². The van der Waals surface area contributed by atoms with E-state index in [0.29, 0.717) is 5.25 Å². The van der Waals surface area contributed by atoms with E-state index in [1.165, 1.54) is 0 Å². The van der Waals surface area contributed by atoms with E-state index in [1.807, 2.05) is 6.92 Å². The number of amides is 1. The fourth-order valence-corrected chi connectivity index (χ4v) is 3.26. The highest BCUT2D eigenvalue weighted by atomic mass is 32.2. The van der Waals surface area contributed by atoms with Gasteiger partial charge in [-0.1, -0.05) is 6.92 Å². The van der Waals surface area contributed by atoms with Crippen molar-refractivity contribution in [1.29, 1.82) is 0 Å². The van der Waals surface area contributed by atoms with Gasteiger partial charge < -0.3 is 4.90 Å². The van der Waals surface area contributed by atoms with Crippen molar-refractivity contribution in [3.8, 4) is 0 Å². The van der Waals surface area contributed by atoms with Gasteiger partial charge in [-0.15, -0.1) is 11.8 Å². The highest BCUT2D eigenvalue weighted by Crippen LogP contribution is 2.43. The molecule has 2 aliphatic rings. The average molecular weight is 225 g/mol. The SMILES string of the molecule is CC1=C2SC(C)CN2C(=O)C(C)(C)C1=O. The standard InChI is InChI=1S/C11H15NO2S/c1-6-5-12-9(15-6)7(2)8(13)11(3,4)10(12)14/h6H,5H2,1-4H3. The summed E-state index contributed by atoms with van der Waals surface area (Å²) in [5.74, 6) is -0.0784. The fraction of sp³-hybridized carbons (Fsp3) is 0.636. The van der Waals surface area contributed by atoms with Crippen LogP contribution < -0.4 is 0 Å². The second-order valence-electron chi connectivity index (χ2n) is 4.73. The molecule has 0 aromatic heterocycles. The summed E-state index contributed by atoms with van der Waals surface area (Å²) in [5, 5.41) is 1.26. The summed E-state index contributed by atoms with van der Waals surface area (Å²) in [6.07, 6.45) is 0. The van der Waals surface area contributed by atoms with Crippen molar-refractivity contribution in [3.05, 3.63) is 10.6 Å². The number of hydrogen-bond donors (Lipinski definition) is 0. The molecular weight excluding hydrogens is 210 g/mol. The van der Waals surface area contributed by atoms with E-state index < -0.39 is 5.41 Å². The van der Waals surface area contributed by atoms with E-state index in [-0.39, 0.29) is 11.7 Å². The van der Waals surface area contributed by atoms with Gasteiger partial charge >= 0.3 is 0 Å². The molecule has 0 aromatic carbocycles. The van der Waals surface area contributed by atoms with Gasteiger partial charge in [0.15, 0.2) is 5.78 Å². The van der Waals surface area contributed by atoms with Gasteiger partial charge in [0.05, 0.1) is 5.03 Å². The van der Waals surface area contributed by atoms with Crippen molar-refractivity contribution in [2.45, 2.75) is 32.9 Å². The lowest BCUT2D eigenvalue weighted by Crippen LogP contribution is -2.48. The van der Waals surface area contributed by atoms with E-state index in [1.54, 1.807) is 30.5 Å². The predicted octanol–water partition coefficient (Wildman–Crippen LogP) is 1.79. The summed E-state index contributed by atoms with van der Waals surface area (Å²) in [6.45, 7) is 8.06. The molecule has 1 atom stereocenters. The second kappa shape index (κ2) is 3.11. The Bertz CT molecular complexity index is 384. The number of hydrogen-bond acceptors (Lipinski definition) is 3. The molecule has 0 aliphatic carbocycles. The first-order valence-electron chi connectivity index (χ1n) is 5.10. The maximum Gasteiger partial charge on any atom is 0.240 e. The van der Waals surface area contributed by atoms with Crippen LogP contribution in [0, 0.1) is 5.41 Å². The van der Waals surface area contributed by atoms with Crippen LogP contribution in [0.3, 0.4) is 0 Å². The Balaban J connectivity index is 2.53. The second-order valence-corrected chi connectivity index (χ2v) is 6.16. The van der Waals surface area contributed by atoms with Crippen LogP contribution in [0.1, 0.15) is 27.7 Å². The number of allylic oxidation sites excluding steroid dienone is 1. The summed E-state index contributed by atoms with van der Waals surface area (Å²) < 4.78 is 0. The number of fused-ring (bicyclic) bond motifs is 1. The minimum absolute atomic E-state index is 0.0275. The number of carbonyl (C=O) groups is 2. The van der Waals surface area contributed by atoms with Gasteiger partial charge in [-0.3, -0.25) is 9.59 Å². The molecular formula is C11H15NO2S. The normalized spacial score (nSPS) is 29.9. The fourth-order valence-electron chi connectivity index (χ4n) is 2.10. The third-order valence-electron chi connectivity index (χ3n) is 3.01. The molecule has 1 unspecified atom stereocenters. The molecule has 3 nitrogen and oxygen atoms in total. The largest absolute Gasteiger partial charge is 0.304 e. The van der Waals surface area contributed by atoms with E-state index in [0.717, 1.165) is 17.1 Å². The lowest BCUT2D eigenvalue weighted by atomic mass is 9.81. The van der Waals surface area contributed by atoms with Crippen LogP contribution in [0.2, 0.25) is 0 Å². The van der Waals surface area contributed by atoms with E-state index in [4.69, 9.17) is 0 Å². The van der Waals surface area contributed by atoms with Gasteiger partial charge in [-0.25, -0.2) is 0 Å². The van der Waals surface area contributed by atoms with Crippen molar-refractivity contribution in [1.82, 2.24) is 4.90 Å². The third kappa shape index (κ3) is 1.34. The maximum absolute atomic E-state index is 12.1. The number of ketones is 1. The molecule has 0 spiro atoms. The van der Waals surface area contributed by atoms with E-state index in [9.17, 15) is 9.59 Å². The number of carbonyl (C=O) groups excluding carboxylic acids is 2. The monoisotopic (exact) mass is 225 g/mol. The predicted molar refractivity (Wildman–Crippen MR) is 60.3 cm³/mol. The van der Waals surface area contributed by atoms with Crippen LogP contribution in [0.15, 0.2) is 10.6 Å². The Labute approximate surface area is 93.9 Å². The van der Waals surface area contributed by atoms with Crippen molar-refractivity contribution >= 4 is 23.5 Å². The Kier molecular flexibility index (Phi) is 2.23. The summed E-state index contributed by atoms with van der Waals surface area (Å²) in [7, 11) is 0. The molecule has 0 bridgehead atoms. The van der Waals surface area contributed by atoms with Crippen molar-refractivity contribution in [2.75, 3.05) is 6.54 Å². The van der Waals surface area contributed by atoms with Crippen LogP contribution in [0.5, 0.6) is 0 Å². The van der Waals surface area contributed by atoms with E-state index >= 15 is 0 Å². The minimum Gasteiger partial charge on any atom is -0.304 e. The topological polar surface area (TPSA) is 37.4 Å². The number of Topliss-reactive ketones (excluding diaryl/α,β-unsaturated/α-hetero) is 1. The number of nitrogens with zero attached hydrogens (tertiary/aromatic N) is 1. The zero-order valence-electron chi connectivity index (χ0n) is 9.46. The number of thioether (sulfide) groups is 1. The zero-order chi connectivity index (χ0) is 11.4. The molecule has 2 aliphatic heterocycles. The molecule has 1 amide bonds. The third-order valence-corrected chi connectivity index (χ3v) is 4.31. The molecule has 0 radical (unpaired) electrons. The average Bonchev–Trinajstić information content (AvgIpc) is 2.55.